The Kier molecular flexibility index (Phi) is 2.94. The number of hydrogen-bond donors (Lipinski definition) is 1. The van der Waals surface area contributed by atoms with Gasteiger partial charge in [0.05, 0.1) is 5.00 Å². The Labute approximate surface area is 119 Å². The van der Waals surface area contributed by atoms with Crippen molar-refractivity contribution in [2.24, 2.45) is 0 Å². The molecule has 0 amide bonds. The lowest BCUT2D eigenvalue weighted by Crippen LogP contribution is -1.98. The van der Waals surface area contributed by atoms with Crippen LogP contribution in [0.1, 0.15) is 39.1 Å². The number of aryl methyl sites for hydroxylation is 3. The standard InChI is InChI=1S/C17H21NS/c1-9-8-10(2)12(4)15(11(9)3)16-13-6-5-7-14(13)19-17(16)18/h8H,5-7,18H2,1-4H3. The molecule has 0 fully saturated rings. The number of fused-ring (bicyclic) bond motifs is 1. The van der Waals surface area contributed by atoms with Gasteiger partial charge in [-0.05, 0) is 80.3 Å². The Bertz CT molecular complexity index is 638. The number of rotatable bonds is 1. The van der Waals surface area contributed by atoms with Crippen molar-refractivity contribution in [1.29, 1.82) is 0 Å². The zero-order valence-electron chi connectivity index (χ0n) is 12.2. The second-order valence-corrected chi connectivity index (χ2v) is 6.87. The molecule has 1 nitrogen and oxygen atoms in total. The lowest BCUT2D eigenvalue weighted by atomic mass is 9.88. The van der Waals surface area contributed by atoms with Crippen molar-refractivity contribution in [3.05, 3.63) is 38.8 Å². The van der Waals surface area contributed by atoms with Crippen LogP contribution in [-0.2, 0) is 12.8 Å². The quantitative estimate of drug-likeness (QED) is 0.798. The van der Waals surface area contributed by atoms with E-state index in [0.717, 1.165) is 5.00 Å². The van der Waals surface area contributed by atoms with Crippen molar-refractivity contribution in [3.8, 4) is 11.1 Å². The Morgan fingerprint density at radius 2 is 1.58 bits per heavy atom. The fourth-order valence-electron chi connectivity index (χ4n) is 3.29. The number of hydrogen-bond acceptors (Lipinski definition) is 2. The van der Waals surface area contributed by atoms with E-state index in [1.165, 1.54) is 63.1 Å². The van der Waals surface area contributed by atoms with Gasteiger partial charge in [-0.2, -0.15) is 0 Å². The summed E-state index contributed by atoms with van der Waals surface area (Å²) in [5.41, 5.74) is 16.1. The number of nitrogen functional groups attached to an aromatic ring is 1. The van der Waals surface area contributed by atoms with E-state index in [9.17, 15) is 0 Å². The number of nitrogens with two attached hydrogens (primary N) is 1. The van der Waals surface area contributed by atoms with Gasteiger partial charge in [-0.25, -0.2) is 0 Å². The normalized spacial score (nSPS) is 13.9. The molecule has 0 saturated heterocycles. The monoisotopic (exact) mass is 271 g/mol. The molecule has 19 heavy (non-hydrogen) atoms. The van der Waals surface area contributed by atoms with Gasteiger partial charge in [0.1, 0.15) is 0 Å². The van der Waals surface area contributed by atoms with Crippen molar-refractivity contribution in [2.45, 2.75) is 47.0 Å². The summed E-state index contributed by atoms with van der Waals surface area (Å²) < 4.78 is 0. The zero-order chi connectivity index (χ0) is 13.7. The number of anilines is 1. The molecule has 1 aromatic carbocycles. The fraction of sp³-hybridized carbons (Fsp3) is 0.412. The van der Waals surface area contributed by atoms with Gasteiger partial charge in [0.25, 0.3) is 0 Å². The highest BCUT2D eigenvalue weighted by molar-refractivity contribution is 7.16. The molecule has 100 valence electrons. The van der Waals surface area contributed by atoms with Gasteiger partial charge >= 0.3 is 0 Å². The third kappa shape index (κ3) is 1.81. The van der Waals surface area contributed by atoms with Gasteiger partial charge in [-0.1, -0.05) is 6.07 Å². The molecule has 1 heterocycles. The molecule has 3 rings (SSSR count). The first kappa shape index (κ1) is 12.7. The highest BCUT2D eigenvalue weighted by Crippen LogP contribution is 2.46. The van der Waals surface area contributed by atoms with Crippen LogP contribution >= 0.6 is 11.3 Å². The average Bonchev–Trinajstić information content (AvgIpc) is 2.89. The third-order valence-electron chi connectivity index (χ3n) is 4.56. The van der Waals surface area contributed by atoms with E-state index in [1.807, 2.05) is 0 Å². The van der Waals surface area contributed by atoms with E-state index in [0.29, 0.717) is 0 Å². The van der Waals surface area contributed by atoms with E-state index in [2.05, 4.69) is 33.8 Å². The van der Waals surface area contributed by atoms with Crippen LogP contribution in [0.3, 0.4) is 0 Å². The van der Waals surface area contributed by atoms with E-state index >= 15 is 0 Å². The molecule has 0 atom stereocenters. The minimum atomic E-state index is 1.01. The predicted molar refractivity (Wildman–Crippen MR) is 85.1 cm³/mol. The molecule has 2 aromatic rings. The van der Waals surface area contributed by atoms with Gasteiger partial charge in [-0.15, -0.1) is 11.3 Å². The average molecular weight is 271 g/mol. The lowest BCUT2D eigenvalue weighted by molar-refractivity contribution is 0.915. The predicted octanol–water partition coefficient (Wildman–Crippen LogP) is 4.72. The molecule has 1 aliphatic rings. The van der Waals surface area contributed by atoms with Crippen molar-refractivity contribution in [3.63, 3.8) is 0 Å². The molecule has 0 radical (unpaired) electrons. The van der Waals surface area contributed by atoms with Crippen LogP contribution in [0.2, 0.25) is 0 Å². The van der Waals surface area contributed by atoms with E-state index in [-0.39, 0.29) is 0 Å². The van der Waals surface area contributed by atoms with Gasteiger partial charge in [0, 0.05) is 10.4 Å². The molecule has 2 N–H and O–H groups in total. The van der Waals surface area contributed by atoms with Crippen LogP contribution in [0.25, 0.3) is 11.1 Å². The molecule has 0 saturated carbocycles. The Morgan fingerprint density at radius 1 is 0.947 bits per heavy atom. The van der Waals surface area contributed by atoms with Crippen molar-refractivity contribution in [1.82, 2.24) is 0 Å². The summed E-state index contributed by atoms with van der Waals surface area (Å²) >= 11 is 1.81. The molecule has 1 aliphatic carbocycles. The van der Waals surface area contributed by atoms with Gasteiger partial charge < -0.3 is 5.73 Å². The van der Waals surface area contributed by atoms with Gasteiger partial charge in [0.2, 0.25) is 0 Å². The number of benzene rings is 1. The second-order valence-electron chi connectivity index (χ2n) is 5.73. The number of thiophene rings is 1. The summed E-state index contributed by atoms with van der Waals surface area (Å²) in [5.74, 6) is 0. The molecule has 0 unspecified atom stereocenters. The van der Waals surface area contributed by atoms with Crippen LogP contribution in [-0.4, -0.2) is 0 Å². The van der Waals surface area contributed by atoms with Gasteiger partial charge in [-0.3, -0.25) is 0 Å². The van der Waals surface area contributed by atoms with Crippen LogP contribution in [0.15, 0.2) is 6.07 Å². The van der Waals surface area contributed by atoms with Crippen LogP contribution < -0.4 is 5.73 Å². The minimum Gasteiger partial charge on any atom is -0.390 e. The molecule has 2 heteroatoms. The summed E-state index contributed by atoms with van der Waals surface area (Å²) in [5, 5.41) is 1.01. The second kappa shape index (κ2) is 4.38. The first-order valence-electron chi connectivity index (χ1n) is 6.98. The zero-order valence-corrected chi connectivity index (χ0v) is 13.0. The molecule has 1 aromatic heterocycles. The van der Waals surface area contributed by atoms with Crippen LogP contribution in [0, 0.1) is 27.7 Å². The highest BCUT2D eigenvalue weighted by Gasteiger charge is 2.24. The summed E-state index contributed by atoms with van der Waals surface area (Å²) in [7, 11) is 0. The topological polar surface area (TPSA) is 26.0 Å². The first-order valence-corrected chi connectivity index (χ1v) is 7.80. The smallest absolute Gasteiger partial charge is 0.0942 e. The van der Waals surface area contributed by atoms with Crippen molar-refractivity contribution < 1.29 is 0 Å². The van der Waals surface area contributed by atoms with Crippen LogP contribution in [0.4, 0.5) is 5.00 Å². The van der Waals surface area contributed by atoms with Crippen molar-refractivity contribution >= 4 is 16.3 Å². The SMILES string of the molecule is Cc1cc(C)c(C)c(-c2c(N)sc3c2CCC3)c1C. The van der Waals surface area contributed by atoms with E-state index in [1.54, 1.807) is 11.3 Å². The summed E-state index contributed by atoms with van der Waals surface area (Å²) in [6, 6.07) is 2.29. The molecule has 0 spiro atoms. The summed E-state index contributed by atoms with van der Waals surface area (Å²) in [6.07, 6.45) is 3.70. The van der Waals surface area contributed by atoms with Crippen LogP contribution in [0.5, 0.6) is 0 Å². The first-order chi connectivity index (χ1) is 9.00. The largest absolute Gasteiger partial charge is 0.390 e. The third-order valence-corrected chi connectivity index (χ3v) is 5.69. The summed E-state index contributed by atoms with van der Waals surface area (Å²) in [4.78, 5) is 1.52. The maximum atomic E-state index is 6.34. The lowest BCUT2D eigenvalue weighted by Gasteiger charge is -2.16. The Morgan fingerprint density at radius 3 is 2.21 bits per heavy atom. The fourth-order valence-corrected chi connectivity index (χ4v) is 4.46. The molecular weight excluding hydrogens is 250 g/mol. The van der Waals surface area contributed by atoms with Gasteiger partial charge in [0.15, 0.2) is 0 Å². The minimum absolute atomic E-state index is 1.01. The highest BCUT2D eigenvalue weighted by atomic mass is 32.1. The Balaban J connectivity index is 2.34. The molecule has 0 aliphatic heterocycles. The Hall–Kier alpha value is -1.28. The molecular formula is C17H21NS. The van der Waals surface area contributed by atoms with Crippen molar-refractivity contribution in [2.75, 3.05) is 5.73 Å². The summed E-state index contributed by atoms with van der Waals surface area (Å²) in [6.45, 7) is 8.87. The molecule has 0 bridgehead atoms. The maximum Gasteiger partial charge on any atom is 0.0942 e. The van der Waals surface area contributed by atoms with E-state index in [4.69, 9.17) is 5.73 Å². The van der Waals surface area contributed by atoms with E-state index < -0.39 is 0 Å². The maximum absolute atomic E-state index is 6.34.